The number of pyridine rings is 1. The fourth-order valence-corrected chi connectivity index (χ4v) is 11.9. The van der Waals surface area contributed by atoms with E-state index < -0.39 is 0 Å². The molecule has 294 valence electrons. The number of fused-ring (bicyclic) bond motifs is 8. The maximum atomic E-state index is 9.63. The lowest BCUT2D eigenvalue weighted by Gasteiger charge is -2.55. The highest BCUT2D eigenvalue weighted by atomic mass is 14.7. The van der Waals surface area contributed by atoms with Crippen LogP contribution in [-0.4, -0.2) is 4.98 Å². The van der Waals surface area contributed by atoms with Gasteiger partial charge in [0.15, 0.2) is 0 Å². The fourth-order valence-electron chi connectivity index (χ4n) is 11.9. The molecule has 0 aliphatic heterocycles. The predicted molar refractivity (Wildman–Crippen MR) is 252 cm³/mol. The van der Waals surface area contributed by atoms with E-state index in [1.165, 1.54) is 86.9 Å². The highest BCUT2D eigenvalue weighted by Crippen LogP contribution is 2.66. The third kappa shape index (κ3) is 6.34. The maximum absolute atomic E-state index is 9.63. The lowest BCUT2D eigenvalue weighted by atomic mass is 9.49. The molecule has 11 rings (SSSR count). The molecule has 2 bridgehead atoms. The normalized spacial score (nSPS) is 21.1. The number of aromatic nitrogens is 1. The van der Waals surface area contributed by atoms with Gasteiger partial charge >= 0.3 is 0 Å². The molecule has 0 N–H and O–H groups in total. The topological polar surface area (TPSA) is 36.7 Å². The Morgan fingerprint density at radius 3 is 1.62 bits per heavy atom. The summed E-state index contributed by atoms with van der Waals surface area (Å²) in [6.45, 7) is 5.04. The second-order valence-corrected chi connectivity index (χ2v) is 18.1. The Balaban J connectivity index is 1.01. The van der Waals surface area contributed by atoms with Crippen molar-refractivity contribution < 1.29 is 0 Å². The van der Waals surface area contributed by atoms with Crippen LogP contribution < -0.4 is 0 Å². The number of benzene rings is 7. The minimum Gasteiger partial charge on any atom is -0.248 e. The van der Waals surface area contributed by atoms with E-state index in [0.29, 0.717) is 17.4 Å². The highest BCUT2D eigenvalue weighted by molar-refractivity contribution is 5.91. The van der Waals surface area contributed by atoms with Gasteiger partial charge in [-0.15, -0.1) is 0 Å². The Hall–Kier alpha value is -6.82. The van der Waals surface area contributed by atoms with Gasteiger partial charge in [0.2, 0.25) is 0 Å². The first-order valence-corrected chi connectivity index (χ1v) is 22.1. The molecule has 8 aromatic rings. The van der Waals surface area contributed by atoms with Crippen molar-refractivity contribution in [1.82, 2.24) is 4.98 Å². The summed E-state index contributed by atoms with van der Waals surface area (Å²) in [5, 5.41) is 9.63. The summed E-state index contributed by atoms with van der Waals surface area (Å²) in [5.41, 5.74) is 20.3. The lowest BCUT2D eigenvalue weighted by Crippen LogP contribution is -2.49. The third-order valence-corrected chi connectivity index (χ3v) is 14.4. The molecule has 2 heteroatoms. The van der Waals surface area contributed by atoms with Gasteiger partial charge in [-0.3, -0.25) is 0 Å². The van der Waals surface area contributed by atoms with E-state index in [-0.39, 0.29) is 5.41 Å². The van der Waals surface area contributed by atoms with Gasteiger partial charge in [-0.05, 0) is 159 Å². The van der Waals surface area contributed by atoms with Crippen LogP contribution in [0.1, 0.15) is 56.2 Å². The second-order valence-electron chi connectivity index (χ2n) is 18.1. The van der Waals surface area contributed by atoms with Gasteiger partial charge in [-0.2, -0.15) is 5.26 Å². The van der Waals surface area contributed by atoms with E-state index in [1.807, 2.05) is 12.1 Å². The molecule has 61 heavy (non-hydrogen) atoms. The first-order chi connectivity index (χ1) is 30.0. The number of hydrogen-bond acceptors (Lipinski definition) is 2. The third-order valence-electron chi connectivity index (χ3n) is 14.4. The smallest absolute Gasteiger partial charge is 0.0991 e. The van der Waals surface area contributed by atoms with Crippen LogP contribution >= 0.6 is 0 Å². The van der Waals surface area contributed by atoms with Gasteiger partial charge in [0, 0.05) is 16.5 Å². The Morgan fingerprint density at radius 2 is 1.00 bits per heavy atom. The van der Waals surface area contributed by atoms with Crippen LogP contribution in [0.4, 0.5) is 0 Å². The molecule has 2 nitrogen and oxygen atoms in total. The molecular weight excluding hydrogens is 737 g/mol. The van der Waals surface area contributed by atoms with Crippen molar-refractivity contribution >= 4 is 0 Å². The van der Waals surface area contributed by atoms with Crippen molar-refractivity contribution in [1.29, 1.82) is 5.26 Å². The van der Waals surface area contributed by atoms with Crippen molar-refractivity contribution in [3.63, 3.8) is 0 Å². The van der Waals surface area contributed by atoms with Crippen molar-refractivity contribution in [2.75, 3.05) is 0 Å². The largest absolute Gasteiger partial charge is 0.248 e. The maximum Gasteiger partial charge on any atom is 0.0991 e. The molecule has 0 saturated heterocycles. The van der Waals surface area contributed by atoms with Gasteiger partial charge in [0.05, 0.1) is 23.0 Å². The average Bonchev–Trinajstić information content (AvgIpc) is 3.62. The molecule has 7 aromatic carbocycles. The summed E-state index contributed by atoms with van der Waals surface area (Å²) in [5.74, 6) is 2.60. The highest BCUT2D eigenvalue weighted by Gasteiger charge is 2.57. The summed E-state index contributed by atoms with van der Waals surface area (Å²) < 4.78 is 0. The van der Waals surface area contributed by atoms with E-state index >= 15 is 0 Å². The molecule has 2 fully saturated rings. The fraction of sp³-hybridized carbons (Fsp3) is 0.186. The Bertz CT molecular complexity index is 2910. The number of nitrogens with zero attached hydrogens (tertiary/aromatic N) is 2. The number of nitriles is 1. The molecule has 3 aliphatic rings. The molecule has 2 saturated carbocycles. The van der Waals surface area contributed by atoms with Crippen molar-refractivity contribution in [3.8, 4) is 84.2 Å². The molecule has 0 amide bonds. The molecule has 5 unspecified atom stereocenters. The SMILES string of the molecule is CC1CC2CC(C)C3(c4cc(-c5cccc(-c6cccc(-c7cc(-c8ccccc8)nc(-c8ccccc8)c7)c6)c5)ccc4-c4cccc(-c5ccc(C#N)cc5)c43)C(C1)C2. The van der Waals surface area contributed by atoms with Crippen LogP contribution in [0.25, 0.3) is 78.1 Å². The van der Waals surface area contributed by atoms with E-state index in [9.17, 15) is 5.26 Å². The zero-order chi connectivity index (χ0) is 41.1. The summed E-state index contributed by atoms with van der Waals surface area (Å²) >= 11 is 0. The van der Waals surface area contributed by atoms with Crippen LogP contribution in [0.5, 0.6) is 0 Å². The Kier molecular flexibility index (Phi) is 9.16. The summed E-state index contributed by atoms with van der Waals surface area (Å²) in [7, 11) is 0. The van der Waals surface area contributed by atoms with Crippen molar-refractivity contribution in [3.05, 3.63) is 199 Å². The second kappa shape index (κ2) is 15.0. The summed E-state index contributed by atoms with van der Waals surface area (Å²) in [4.78, 5) is 5.14. The zero-order valence-electron chi connectivity index (χ0n) is 34.9. The number of rotatable bonds is 6. The molecule has 3 aliphatic carbocycles. The van der Waals surface area contributed by atoms with Crippen LogP contribution in [-0.2, 0) is 5.41 Å². The molecular formula is C59H48N2. The first kappa shape index (κ1) is 37.2. The van der Waals surface area contributed by atoms with E-state index in [0.717, 1.165) is 39.9 Å². The molecule has 1 heterocycles. The molecule has 0 radical (unpaired) electrons. The Labute approximate surface area is 360 Å². The van der Waals surface area contributed by atoms with Crippen LogP contribution in [0, 0.1) is 35.0 Å². The summed E-state index contributed by atoms with van der Waals surface area (Å²) in [6.07, 6.45) is 5.16. The standard InChI is InChI=1S/C59H48N2/c1-38-28-41-30-39(2)59(51(29-38)31-41)55-34-49(26-27-53(55)54-21-11-20-52(58(54)59)42-24-22-40(37-60)23-25-42)47-18-9-16-45(32-47)46-17-10-19-48(33-46)50-35-56(43-12-5-3-6-13-43)61-57(36-50)44-14-7-4-8-15-44/h3-27,32-36,38-39,41,51H,28-31H2,1-2H3. The lowest BCUT2D eigenvalue weighted by molar-refractivity contribution is 0.0429. The van der Waals surface area contributed by atoms with E-state index in [4.69, 9.17) is 4.98 Å². The van der Waals surface area contributed by atoms with E-state index in [1.54, 1.807) is 0 Å². The molecule has 1 spiro atoms. The number of hydrogen-bond donors (Lipinski definition) is 0. The van der Waals surface area contributed by atoms with Crippen molar-refractivity contribution in [2.45, 2.75) is 44.9 Å². The first-order valence-electron chi connectivity index (χ1n) is 22.1. The predicted octanol–water partition coefficient (Wildman–Crippen LogP) is 15.3. The molecule has 5 atom stereocenters. The van der Waals surface area contributed by atoms with Gasteiger partial charge in [0.25, 0.3) is 0 Å². The zero-order valence-corrected chi connectivity index (χ0v) is 34.9. The molecule has 1 aromatic heterocycles. The summed E-state index contributed by atoms with van der Waals surface area (Å²) in [6, 6.07) is 68.5. The van der Waals surface area contributed by atoms with Crippen molar-refractivity contribution in [2.24, 2.45) is 23.7 Å². The quantitative estimate of drug-likeness (QED) is 0.168. The van der Waals surface area contributed by atoms with Crippen LogP contribution in [0.2, 0.25) is 0 Å². The van der Waals surface area contributed by atoms with Gasteiger partial charge in [0.1, 0.15) is 0 Å². The van der Waals surface area contributed by atoms with Crippen LogP contribution in [0.15, 0.2) is 182 Å². The van der Waals surface area contributed by atoms with Gasteiger partial charge < -0.3 is 0 Å². The minimum atomic E-state index is -0.0793. The Morgan fingerprint density at radius 1 is 0.459 bits per heavy atom. The minimum absolute atomic E-state index is 0.0793. The average molecular weight is 785 g/mol. The van der Waals surface area contributed by atoms with Gasteiger partial charge in [-0.25, -0.2) is 4.98 Å². The monoisotopic (exact) mass is 784 g/mol. The van der Waals surface area contributed by atoms with Crippen LogP contribution in [0.3, 0.4) is 0 Å². The van der Waals surface area contributed by atoms with E-state index in [2.05, 4.69) is 190 Å². The van der Waals surface area contributed by atoms with Gasteiger partial charge in [-0.1, -0.05) is 153 Å².